The summed E-state index contributed by atoms with van der Waals surface area (Å²) in [6.07, 6.45) is 2.42. The van der Waals surface area contributed by atoms with Crippen LogP contribution in [0.1, 0.15) is 11.5 Å². The highest BCUT2D eigenvalue weighted by atomic mass is 16.4. The van der Waals surface area contributed by atoms with Gasteiger partial charge in [-0.15, -0.1) is 0 Å². The van der Waals surface area contributed by atoms with Crippen molar-refractivity contribution in [1.82, 2.24) is 4.98 Å². The highest BCUT2D eigenvalue weighted by Gasteiger charge is 2.07. The van der Waals surface area contributed by atoms with E-state index in [0.717, 1.165) is 6.08 Å². The number of carboxylic acid groups (broad SMARTS) is 1. The maximum atomic E-state index is 10.4. The molecule has 0 unspecified atom stereocenters. The number of para-hydroxylation sites is 1. The molecule has 5 nitrogen and oxygen atoms in total. The first kappa shape index (κ1) is 9.93. The standard InChI is InChI=1S/C11H6N2O3/c12-6-9-13-11-7(4-5-10(14)15)2-1-3-8(11)16-9/h1-5H,(H,14,15)/b5-4+. The van der Waals surface area contributed by atoms with E-state index in [1.807, 2.05) is 0 Å². The monoisotopic (exact) mass is 214 g/mol. The van der Waals surface area contributed by atoms with E-state index in [4.69, 9.17) is 14.8 Å². The first-order valence-corrected chi connectivity index (χ1v) is 4.41. The maximum Gasteiger partial charge on any atom is 0.328 e. The summed E-state index contributed by atoms with van der Waals surface area (Å²) in [6, 6.07) is 6.86. The van der Waals surface area contributed by atoms with Gasteiger partial charge in [-0.2, -0.15) is 10.2 Å². The molecule has 0 aliphatic carbocycles. The number of oxazole rings is 1. The third kappa shape index (κ3) is 1.77. The van der Waals surface area contributed by atoms with Crippen molar-refractivity contribution in [2.45, 2.75) is 0 Å². The van der Waals surface area contributed by atoms with Crippen LogP contribution < -0.4 is 0 Å². The molecule has 0 amide bonds. The first-order valence-electron chi connectivity index (χ1n) is 4.41. The van der Waals surface area contributed by atoms with Crippen molar-refractivity contribution in [2.24, 2.45) is 0 Å². The molecule has 0 fully saturated rings. The minimum atomic E-state index is -1.04. The number of hydrogen-bond acceptors (Lipinski definition) is 4. The van der Waals surface area contributed by atoms with Gasteiger partial charge in [-0.1, -0.05) is 12.1 Å². The fourth-order valence-electron chi connectivity index (χ4n) is 1.31. The van der Waals surface area contributed by atoms with Gasteiger partial charge in [0, 0.05) is 11.6 Å². The Morgan fingerprint density at radius 3 is 3.06 bits per heavy atom. The third-order valence-electron chi connectivity index (χ3n) is 1.95. The fraction of sp³-hybridized carbons (Fsp3) is 0. The summed E-state index contributed by atoms with van der Waals surface area (Å²) < 4.78 is 5.11. The van der Waals surface area contributed by atoms with E-state index < -0.39 is 5.97 Å². The smallest absolute Gasteiger partial charge is 0.328 e. The van der Waals surface area contributed by atoms with Gasteiger partial charge in [0.2, 0.25) is 0 Å². The Balaban J connectivity index is 2.58. The van der Waals surface area contributed by atoms with E-state index in [1.54, 1.807) is 24.3 Å². The Morgan fingerprint density at radius 2 is 2.38 bits per heavy atom. The Hall–Kier alpha value is -2.61. The van der Waals surface area contributed by atoms with Gasteiger partial charge >= 0.3 is 11.9 Å². The molecule has 0 radical (unpaired) electrons. The number of nitriles is 1. The second-order valence-corrected chi connectivity index (χ2v) is 3.00. The normalized spacial score (nSPS) is 10.7. The molecule has 1 aromatic heterocycles. The van der Waals surface area contributed by atoms with E-state index in [-0.39, 0.29) is 5.89 Å². The largest absolute Gasteiger partial charge is 0.478 e. The molecule has 1 aromatic carbocycles. The molecule has 0 bridgehead atoms. The molecule has 1 heterocycles. The molecule has 0 saturated heterocycles. The van der Waals surface area contributed by atoms with Gasteiger partial charge in [0.25, 0.3) is 0 Å². The molecule has 5 heteroatoms. The van der Waals surface area contributed by atoms with E-state index >= 15 is 0 Å². The Kier molecular flexibility index (Phi) is 2.40. The molecule has 0 atom stereocenters. The van der Waals surface area contributed by atoms with Crippen LogP contribution in [0.25, 0.3) is 17.2 Å². The molecule has 0 aliphatic heterocycles. The molecular formula is C11H6N2O3. The Bertz CT molecular complexity index is 620. The highest BCUT2D eigenvalue weighted by Crippen LogP contribution is 2.20. The second-order valence-electron chi connectivity index (χ2n) is 3.00. The van der Waals surface area contributed by atoms with Crippen molar-refractivity contribution in [2.75, 3.05) is 0 Å². The lowest BCUT2D eigenvalue weighted by atomic mass is 10.2. The summed E-state index contributed by atoms with van der Waals surface area (Å²) >= 11 is 0. The molecular weight excluding hydrogens is 208 g/mol. The number of carboxylic acids is 1. The lowest BCUT2D eigenvalue weighted by Crippen LogP contribution is -1.86. The van der Waals surface area contributed by atoms with Gasteiger partial charge in [0.15, 0.2) is 11.7 Å². The number of aliphatic carboxylic acids is 1. The van der Waals surface area contributed by atoms with Gasteiger partial charge in [-0.25, -0.2) is 4.79 Å². The van der Waals surface area contributed by atoms with Crippen LogP contribution in [-0.4, -0.2) is 16.1 Å². The minimum absolute atomic E-state index is 0.0359. The molecule has 0 aliphatic rings. The summed E-state index contributed by atoms with van der Waals surface area (Å²) in [7, 11) is 0. The summed E-state index contributed by atoms with van der Waals surface area (Å²) in [5, 5.41) is 17.1. The molecule has 1 N–H and O–H groups in total. The van der Waals surface area contributed by atoms with Gasteiger partial charge in [-0.3, -0.25) is 0 Å². The van der Waals surface area contributed by atoms with Crippen molar-refractivity contribution in [3.05, 3.63) is 35.7 Å². The van der Waals surface area contributed by atoms with Crippen LogP contribution >= 0.6 is 0 Å². The number of hydrogen-bond donors (Lipinski definition) is 1. The van der Waals surface area contributed by atoms with Gasteiger partial charge in [0.1, 0.15) is 5.52 Å². The van der Waals surface area contributed by atoms with Crippen molar-refractivity contribution in [1.29, 1.82) is 5.26 Å². The van der Waals surface area contributed by atoms with Crippen molar-refractivity contribution < 1.29 is 14.3 Å². The molecule has 2 rings (SSSR count). The number of nitrogens with zero attached hydrogens (tertiary/aromatic N) is 2. The molecule has 0 saturated carbocycles. The number of benzene rings is 1. The molecule has 0 spiro atoms. The van der Waals surface area contributed by atoms with Crippen molar-refractivity contribution in [3.63, 3.8) is 0 Å². The SMILES string of the molecule is N#Cc1nc2c(/C=C/C(=O)O)cccc2o1. The average molecular weight is 214 g/mol. The summed E-state index contributed by atoms with van der Waals surface area (Å²) in [5.74, 6) is -1.08. The zero-order chi connectivity index (χ0) is 11.5. The molecule has 16 heavy (non-hydrogen) atoms. The topological polar surface area (TPSA) is 87.1 Å². The zero-order valence-corrected chi connectivity index (χ0v) is 8.04. The Morgan fingerprint density at radius 1 is 1.56 bits per heavy atom. The average Bonchev–Trinajstić information content (AvgIpc) is 2.69. The summed E-state index contributed by atoms with van der Waals surface area (Å²) in [4.78, 5) is 14.3. The van der Waals surface area contributed by atoms with Crippen LogP contribution in [0, 0.1) is 11.3 Å². The molecule has 78 valence electrons. The summed E-state index contributed by atoms with van der Waals surface area (Å²) in [5.41, 5.74) is 1.55. The second kappa shape index (κ2) is 3.87. The van der Waals surface area contributed by atoms with E-state index in [0.29, 0.717) is 16.7 Å². The quantitative estimate of drug-likeness (QED) is 0.770. The number of rotatable bonds is 2. The fourth-order valence-corrected chi connectivity index (χ4v) is 1.31. The van der Waals surface area contributed by atoms with E-state index in [9.17, 15) is 4.79 Å². The summed E-state index contributed by atoms with van der Waals surface area (Å²) in [6.45, 7) is 0. The first-order chi connectivity index (χ1) is 7.70. The van der Waals surface area contributed by atoms with Crippen LogP contribution in [0.2, 0.25) is 0 Å². The third-order valence-corrected chi connectivity index (χ3v) is 1.95. The number of fused-ring (bicyclic) bond motifs is 1. The van der Waals surface area contributed by atoms with Crippen LogP contribution in [-0.2, 0) is 4.79 Å². The predicted octanol–water partition coefficient (Wildman–Crippen LogP) is 1.80. The predicted molar refractivity (Wildman–Crippen MR) is 55.4 cm³/mol. The molecule has 2 aromatic rings. The van der Waals surface area contributed by atoms with Gasteiger partial charge in [0.05, 0.1) is 0 Å². The lowest BCUT2D eigenvalue weighted by molar-refractivity contribution is -0.131. The van der Waals surface area contributed by atoms with Crippen LogP contribution in [0.3, 0.4) is 0 Å². The minimum Gasteiger partial charge on any atom is -0.478 e. The number of carbonyl (C=O) groups is 1. The van der Waals surface area contributed by atoms with E-state index in [2.05, 4.69) is 4.98 Å². The van der Waals surface area contributed by atoms with Crippen LogP contribution in [0.15, 0.2) is 28.7 Å². The van der Waals surface area contributed by atoms with Gasteiger partial charge < -0.3 is 9.52 Å². The number of aromatic nitrogens is 1. The van der Waals surface area contributed by atoms with Crippen LogP contribution in [0.5, 0.6) is 0 Å². The highest BCUT2D eigenvalue weighted by molar-refractivity contribution is 5.90. The van der Waals surface area contributed by atoms with E-state index in [1.165, 1.54) is 6.08 Å². The van der Waals surface area contributed by atoms with Gasteiger partial charge in [-0.05, 0) is 12.1 Å². The van der Waals surface area contributed by atoms with Crippen LogP contribution in [0.4, 0.5) is 0 Å². The maximum absolute atomic E-state index is 10.4. The Labute approximate surface area is 90.2 Å². The lowest BCUT2D eigenvalue weighted by Gasteiger charge is -1.91. The van der Waals surface area contributed by atoms with Crippen molar-refractivity contribution in [3.8, 4) is 6.07 Å². The zero-order valence-electron chi connectivity index (χ0n) is 8.04. The van der Waals surface area contributed by atoms with Crippen molar-refractivity contribution >= 4 is 23.1 Å².